The smallest absolute Gasteiger partial charge is 0.262 e. The Balaban J connectivity index is 1.83. The largest absolute Gasteiger partial charge is 0.484 e. The van der Waals surface area contributed by atoms with Crippen LogP contribution in [0.25, 0.3) is 0 Å². The van der Waals surface area contributed by atoms with Crippen LogP contribution in [0.5, 0.6) is 11.5 Å². The van der Waals surface area contributed by atoms with E-state index in [4.69, 9.17) is 9.47 Å². The van der Waals surface area contributed by atoms with Gasteiger partial charge in [0, 0.05) is 30.3 Å². The lowest BCUT2D eigenvalue weighted by molar-refractivity contribution is -0.123. The van der Waals surface area contributed by atoms with Crippen LogP contribution in [0.2, 0.25) is 0 Å². The number of carbonyl (C=O) groups is 3. The zero-order chi connectivity index (χ0) is 20.4. The van der Waals surface area contributed by atoms with E-state index in [0.29, 0.717) is 35.7 Å². The van der Waals surface area contributed by atoms with Gasteiger partial charge in [-0.2, -0.15) is 0 Å². The van der Waals surface area contributed by atoms with Crippen molar-refractivity contribution in [2.45, 2.75) is 20.3 Å². The third-order valence-corrected chi connectivity index (χ3v) is 3.73. The van der Waals surface area contributed by atoms with Gasteiger partial charge in [-0.25, -0.2) is 0 Å². The standard InChI is InChI=1S/C21H24N2O5/c1-3-19(24)15-8-10-17(11-9-15)27-14-21(26)23-16-6-5-7-18(12-16)28-13-20(25)22-4-2/h5-12H,3-4,13-14H2,1-2H3,(H,22,25)(H,23,26). The third kappa shape index (κ3) is 6.75. The van der Waals surface area contributed by atoms with Gasteiger partial charge in [0.25, 0.3) is 11.8 Å². The summed E-state index contributed by atoms with van der Waals surface area (Å²) in [6, 6.07) is 13.4. The van der Waals surface area contributed by atoms with Crippen molar-refractivity contribution < 1.29 is 23.9 Å². The maximum Gasteiger partial charge on any atom is 0.262 e. The second kappa shape index (κ2) is 10.7. The molecule has 0 saturated heterocycles. The average molecular weight is 384 g/mol. The number of ketones is 1. The minimum absolute atomic E-state index is 0.0542. The molecule has 7 heteroatoms. The highest BCUT2D eigenvalue weighted by Crippen LogP contribution is 2.18. The van der Waals surface area contributed by atoms with Crippen LogP contribution in [-0.2, 0) is 9.59 Å². The topological polar surface area (TPSA) is 93.7 Å². The van der Waals surface area contributed by atoms with E-state index >= 15 is 0 Å². The molecule has 0 unspecified atom stereocenters. The number of amides is 2. The van der Waals surface area contributed by atoms with Gasteiger partial charge < -0.3 is 20.1 Å². The SMILES string of the molecule is CCNC(=O)COc1cccc(NC(=O)COc2ccc(C(=O)CC)cc2)c1. The summed E-state index contributed by atoms with van der Waals surface area (Å²) in [5.74, 6) is 0.480. The van der Waals surface area contributed by atoms with Crippen molar-refractivity contribution in [2.75, 3.05) is 25.1 Å². The molecule has 0 bridgehead atoms. The fourth-order valence-corrected chi connectivity index (χ4v) is 2.35. The molecule has 0 atom stereocenters. The molecule has 0 aliphatic carbocycles. The van der Waals surface area contributed by atoms with Crippen LogP contribution in [-0.4, -0.2) is 37.4 Å². The Kier molecular flexibility index (Phi) is 8.02. The number of ether oxygens (including phenoxy) is 2. The number of benzene rings is 2. The van der Waals surface area contributed by atoms with Crippen LogP contribution in [0.1, 0.15) is 30.6 Å². The van der Waals surface area contributed by atoms with Crippen LogP contribution in [0, 0.1) is 0 Å². The summed E-state index contributed by atoms with van der Waals surface area (Å²) in [5, 5.41) is 5.34. The molecule has 2 N–H and O–H groups in total. The first-order chi connectivity index (χ1) is 13.5. The lowest BCUT2D eigenvalue weighted by atomic mass is 10.1. The van der Waals surface area contributed by atoms with E-state index in [9.17, 15) is 14.4 Å². The quantitative estimate of drug-likeness (QED) is 0.615. The van der Waals surface area contributed by atoms with E-state index in [1.807, 2.05) is 6.92 Å². The molecule has 0 aromatic heterocycles. The van der Waals surface area contributed by atoms with E-state index < -0.39 is 0 Å². The highest BCUT2D eigenvalue weighted by Gasteiger charge is 2.07. The van der Waals surface area contributed by atoms with Gasteiger partial charge in [-0.1, -0.05) is 13.0 Å². The van der Waals surface area contributed by atoms with Crippen molar-refractivity contribution in [1.82, 2.24) is 5.32 Å². The number of carbonyl (C=O) groups excluding carboxylic acids is 3. The molecule has 2 aromatic rings. The molecule has 0 aliphatic heterocycles. The van der Waals surface area contributed by atoms with Gasteiger partial charge in [0.15, 0.2) is 19.0 Å². The second-order valence-electron chi connectivity index (χ2n) is 5.91. The number of rotatable bonds is 10. The molecule has 0 radical (unpaired) electrons. The van der Waals surface area contributed by atoms with Crippen molar-refractivity contribution in [2.24, 2.45) is 0 Å². The summed E-state index contributed by atoms with van der Waals surface area (Å²) in [7, 11) is 0. The fraction of sp³-hybridized carbons (Fsp3) is 0.286. The number of Topliss-reactive ketones (excluding diaryl/α,β-unsaturated/α-hetero) is 1. The van der Waals surface area contributed by atoms with E-state index in [1.165, 1.54) is 0 Å². The number of likely N-dealkylation sites (N-methyl/N-ethyl adjacent to an activating group) is 1. The van der Waals surface area contributed by atoms with Gasteiger partial charge in [0.05, 0.1) is 0 Å². The van der Waals surface area contributed by atoms with Crippen LogP contribution < -0.4 is 20.1 Å². The van der Waals surface area contributed by atoms with E-state index in [1.54, 1.807) is 55.5 Å². The molecule has 0 aliphatic rings. The van der Waals surface area contributed by atoms with E-state index in [2.05, 4.69) is 10.6 Å². The summed E-state index contributed by atoms with van der Waals surface area (Å²) in [4.78, 5) is 35.1. The maximum atomic E-state index is 12.1. The zero-order valence-electron chi connectivity index (χ0n) is 16.0. The maximum absolute atomic E-state index is 12.1. The number of anilines is 1. The fourth-order valence-electron chi connectivity index (χ4n) is 2.35. The predicted molar refractivity (Wildman–Crippen MR) is 106 cm³/mol. The molecule has 0 fully saturated rings. The highest BCUT2D eigenvalue weighted by atomic mass is 16.5. The van der Waals surface area contributed by atoms with Crippen LogP contribution >= 0.6 is 0 Å². The van der Waals surface area contributed by atoms with Crippen LogP contribution in [0.4, 0.5) is 5.69 Å². The molecule has 2 aromatic carbocycles. The number of hydrogen-bond donors (Lipinski definition) is 2. The molecule has 0 spiro atoms. The number of hydrogen-bond acceptors (Lipinski definition) is 5. The summed E-state index contributed by atoms with van der Waals surface area (Å²) < 4.78 is 10.8. The minimum Gasteiger partial charge on any atom is -0.484 e. The van der Waals surface area contributed by atoms with Crippen LogP contribution in [0.3, 0.4) is 0 Å². The molecule has 7 nitrogen and oxygen atoms in total. The van der Waals surface area contributed by atoms with Gasteiger partial charge in [-0.15, -0.1) is 0 Å². The Morgan fingerprint density at radius 3 is 2.21 bits per heavy atom. The predicted octanol–water partition coefficient (Wildman–Crippen LogP) is 2.81. The average Bonchev–Trinajstić information content (AvgIpc) is 2.71. The summed E-state index contributed by atoms with van der Waals surface area (Å²) in [5.41, 5.74) is 1.15. The first-order valence-electron chi connectivity index (χ1n) is 9.07. The molecule has 0 heterocycles. The zero-order valence-corrected chi connectivity index (χ0v) is 16.0. The van der Waals surface area contributed by atoms with Crippen molar-refractivity contribution in [3.63, 3.8) is 0 Å². The molecule has 0 saturated carbocycles. The minimum atomic E-state index is -0.338. The van der Waals surface area contributed by atoms with Gasteiger partial charge in [-0.05, 0) is 43.3 Å². The molecular weight excluding hydrogens is 360 g/mol. The van der Waals surface area contributed by atoms with Crippen molar-refractivity contribution in [3.8, 4) is 11.5 Å². The van der Waals surface area contributed by atoms with Crippen molar-refractivity contribution in [3.05, 3.63) is 54.1 Å². The number of nitrogens with one attached hydrogen (secondary N) is 2. The monoisotopic (exact) mass is 384 g/mol. The van der Waals surface area contributed by atoms with Gasteiger partial charge in [-0.3, -0.25) is 14.4 Å². The molecular formula is C21H24N2O5. The van der Waals surface area contributed by atoms with Gasteiger partial charge >= 0.3 is 0 Å². The molecule has 28 heavy (non-hydrogen) atoms. The van der Waals surface area contributed by atoms with Crippen LogP contribution in [0.15, 0.2) is 48.5 Å². The molecule has 2 rings (SSSR count). The normalized spacial score (nSPS) is 10.1. The lowest BCUT2D eigenvalue weighted by Crippen LogP contribution is -2.28. The Morgan fingerprint density at radius 2 is 1.54 bits per heavy atom. The Bertz CT molecular complexity index is 818. The Labute approximate surface area is 164 Å². The third-order valence-electron chi connectivity index (χ3n) is 3.73. The molecule has 148 valence electrons. The first-order valence-corrected chi connectivity index (χ1v) is 9.07. The first kappa shape index (κ1) is 21.0. The summed E-state index contributed by atoms with van der Waals surface area (Å²) >= 11 is 0. The van der Waals surface area contributed by atoms with E-state index in [0.717, 1.165) is 0 Å². The summed E-state index contributed by atoms with van der Waals surface area (Å²) in [6.45, 7) is 3.90. The Hall–Kier alpha value is -3.35. The second-order valence-corrected chi connectivity index (χ2v) is 5.91. The van der Waals surface area contributed by atoms with Crippen molar-refractivity contribution in [1.29, 1.82) is 0 Å². The van der Waals surface area contributed by atoms with Gasteiger partial charge in [0.2, 0.25) is 0 Å². The summed E-state index contributed by atoms with van der Waals surface area (Å²) in [6.07, 6.45) is 0.439. The molecule has 2 amide bonds. The van der Waals surface area contributed by atoms with Gasteiger partial charge in [0.1, 0.15) is 11.5 Å². The van der Waals surface area contributed by atoms with Crippen molar-refractivity contribution >= 4 is 23.3 Å². The highest BCUT2D eigenvalue weighted by molar-refractivity contribution is 5.96. The Morgan fingerprint density at radius 1 is 0.857 bits per heavy atom. The lowest BCUT2D eigenvalue weighted by Gasteiger charge is -2.10. The van der Waals surface area contributed by atoms with E-state index in [-0.39, 0.29) is 30.8 Å².